The molecule has 0 radical (unpaired) electrons. The Morgan fingerprint density at radius 1 is 1.35 bits per heavy atom. The predicted molar refractivity (Wildman–Crippen MR) is 74.9 cm³/mol. The molecule has 2 aromatic rings. The number of aromatic nitrogens is 1. The molecule has 1 fully saturated rings. The van der Waals surface area contributed by atoms with Crippen molar-refractivity contribution in [2.75, 3.05) is 5.32 Å². The van der Waals surface area contributed by atoms with Gasteiger partial charge >= 0.3 is 0 Å². The summed E-state index contributed by atoms with van der Waals surface area (Å²) < 4.78 is 13.2. The number of pyridine rings is 1. The predicted octanol–water partition coefficient (Wildman–Crippen LogP) is 3.37. The normalized spacial score (nSPS) is 20.2. The van der Waals surface area contributed by atoms with Gasteiger partial charge in [0.25, 0.3) is 0 Å². The molecule has 20 heavy (non-hydrogen) atoms. The van der Waals surface area contributed by atoms with E-state index in [0.717, 1.165) is 17.5 Å². The first-order valence-corrected chi connectivity index (χ1v) is 6.57. The van der Waals surface area contributed by atoms with E-state index in [9.17, 15) is 4.39 Å². The van der Waals surface area contributed by atoms with Crippen molar-refractivity contribution in [2.45, 2.75) is 25.3 Å². The molecule has 1 N–H and O–H groups in total. The highest BCUT2D eigenvalue weighted by Gasteiger charge is 2.38. The number of nitrogens with one attached hydrogen (secondary N) is 1. The molecule has 1 saturated carbocycles. The van der Waals surface area contributed by atoms with Crippen LogP contribution in [0.15, 0.2) is 36.4 Å². The van der Waals surface area contributed by atoms with Crippen LogP contribution in [0.25, 0.3) is 0 Å². The van der Waals surface area contributed by atoms with Gasteiger partial charge < -0.3 is 5.32 Å². The maximum atomic E-state index is 13.2. The molecule has 0 bridgehead atoms. The Bertz CT molecular complexity index is 690. The Morgan fingerprint density at radius 3 is 2.95 bits per heavy atom. The third-order valence-corrected chi connectivity index (χ3v) is 3.60. The van der Waals surface area contributed by atoms with Gasteiger partial charge in [-0.2, -0.15) is 5.26 Å². The lowest BCUT2D eigenvalue weighted by Gasteiger charge is -2.06. The molecule has 0 saturated heterocycles. The summed E-state index contributed by atoms with van der Waals surface area (Å²) in [5, 5.41) is 12.3. The molecule has 3 nitrogen and oxygen atoms in total. The summed E-state index contributed by atoms with van der Waals surface area (Å²) in [5.41, 5.74) is 2.32. The van der Waals surface area contributed by atoms with Crippen molar-refractivity contribution in [3.63, 3.8) is 0 Å². The van der Waals surface area contributed by atoms with Crippen LogP contribution < -0.4 is 5.32 Å². The Morgan fingerprint density at radius 2 is 2.20 bits per heavy atom. The van der Waals surface area contributed by atoms with Crippen LogP contribution in [0, 0.1) is 24.1 Å². The van der Waals surface area contributed by atoms with Crippen LogP contribution in [-0.4, -0.2) is 11.0 Å². The van der Waals surface area contributed by atoms with Crippen LogP contribution in [0.1, 0.15) is 29.2 Å². The Labute approximate surface area is 117 Å². The molecule has 0 aliphatic heterocycles. The van der Waals surface area contributed by atoms with E-state index < -0.39 is 0 Å². The average Bonchev–Trinajstić information content (AvgIpc) is 3.20. The number of hydrogen-bond acceptors (Lipinski definition) is 3. The molecule has 1 heterocycles. The van der Waals surface area contributed by atoms with E-state index in [1.807, 2.05) is 25.1 Å². The third kappa shape index (κ3) is 2.48. The van der Waals surface area contributed by atoms with E-state index in [4.69, 9.17) is 5.26 Å². The zero-order chi connectivity index (χ0) is 14.1. The Hall–Kier alpha value is -2.41. The number of anilines is 1. The van der Waals surface area contributed by atoms with Crippen LogP contribution in [0.3, 0.4) is 0 Å². The minimum Gasteiger partial charge on any atom is -0.367 e. The summed E-state index contributed by atoms with van der Waals surface area (Å²) in [7, 11) is 0. The molecular formula is C16H14FN3. The van der Waals surface area contributed by atoms with Gasteiger partial charge in [-0.1, -0.05) is 18.2 Å². The van der Waals surface area contributed by atoms with Gasteiger partial charge in [-0.25, -0.2) is 9.37 Å². The van der Waals surface area contributed by atoms with E-state index in [1.165, 1.54) is 6.07 Å². The van der Waals surface area contributed by atoms with E-state index in [2.05, 4.69) is 16.4 Å². The second-order valence-corrected chi connectivity index (χ2v) is 5.12. The highest BCUT2D eigenvalue weighted by Crippen LogP contribution is 2.42. The average molecular weight is 267 g/mol. The van der Waals surface area contributed by atoms with Crippen LogP contribution in [-0.2, 0) is 0 Å². The summed E-state index contributed by atoms with van der Waals surface area (Å²) >= 11 is 0. The standard InChI is InChI=1S/C16H14FN3/c1-10-5-6-16(20-15(10)9-18)19-14-8-13(14)11-3-2-4-12(17)7-11/h2-7,13-14H,8H2,1H3,(H,19,20)/t13-,14+/m0/s1. The smallest absolute Gasteiger partial charge is 0.145 e. The minimum absolute atomic E-state index is 0.201. The summed E-state index contributed by atoms with van der Waals surface area (Å²) in [4.78, 5) is 4.27. The molecular weight excluding hydrogens is 253 g/mol. The molecule has 100 valence electrons. The van der Waals surface area contributed by atoms with E-state index in [-0.39, 0.29) is 11.9 Å². The molecule has 1 aromatic carbocycles. The quantitative estimate of drug-likeness (QED) is 0.927. The Kier molecular flexibility index (Phi) is 3.11. The maximum absolute atomic E-state index is 13.2. The fourth-order valence-electron chi connectivity index (χ4n) is 2.37. The number of nitriles is 1. The monoisotopic (exact) mass is 267 g/mol. The molecule has 1 aromatic heterocycles. The van der Waals surface area contributed by atoms with Gasteiger partial charge in [0, 0.05) is 12.0 Å². The highest BCUT2D eigenvalue weighted by molar-refractivity contribution is 5.46. The minimum atomic E-state index is -0.201. The first-order chi connectivity index (χ1) is 9.67. The number of nitrogens with zero attached hydrogens (tertiary/aromatic N) is 2. The molecule has 0 amide bonds. The van der Waals surface area contributed by atoms with Crippen molar-refractivity contribution in [1.82, 2.24) is 4.98 Å². The van der Waals surface area contributed by atoms with Crippen molar-refractivity contribution in [2.24, 2.45) is 0 Å². The third-order valence-electron chi connectivity index (χ3n) is 3.60. The number of benzene rings is 1. The summed E-state index contributed by atoms with van der Waals surface area (Å²) in [6, 6.07) is 12.8. The number of rotatable bonds is 3. The number of halogens is 1. The van der Waals surface area contributed by atoms with Crippen LogP contribution in [0.5, 0.6) is 0 Å². The zero-order valence-corrected chi connectivity index (χ0v) is 11.1. The second-order valence-electron chi connectivity index (χ2n) is 5.12. The van der Waals surface area contributed by atoms with Gasteiger partial charge in [-0.15, -0.1) is 0 Å². The van der Waals surface area contributed by atoms with E-state index >= 15 is 0 Å². The summed E-state index contributed by atoms with van der Waals surface area (Å²) in [5.74, 6) is 0.823. The van der Waals surface area contributed by atoms with Crippen LogP contribution in [0.4, 0.5) is 10.2 Å². The van der Waals surface area contributed by atoms with Crippen molar-refractivity contribution in [3.05, 3.63) is 59.0 Å². The van der Waals surface area contributed by atoms with Crippen molar-refractivity contribution >= 4 is 5.82 Å². The lowest BCUT2D eigenvalue weighted by atomic mass is 10.1. The molecule has 1 aliphatic rings. The fraction of sp³-hybridized carbons (Fsp3) is 0.250. The van der Waals surface area contributed by atoms with E-state index in [1.54, 1.807) is 12.1 Å². The van der Waals surface area contributed by atoms with Gasteiger partial charge in [-0.05, 0) is 42.7 Å². The van der Waals surface area contributed by atoms with Gasteiger partial charge in [-0.3, -0.25) is 0 Å². The molecule has 0 unspecified atom stereocenters. The van der Waals surface area contributed by atoms with E-state index in [0.29, 0.717) is 17.4 Å². The van der Waals surface area contributed by atoms with Crippen molar-refractivity contribution < 1.29 is 4.39 Å². The van der Waals surface area contributed by atoms with Gasteiger partial charge in [0.2, 0.25) is 0 Å². The number of hydrogen-bond donors (Lipinski definition) is 1. The summed E-state index contributed by atoms with van der Waals surface area (Å²) in [6.07, 6.45) is 0.959. The second kappa shape index (κ2) is 4.93. The zero-order valence-electron chi connectivity index (χ0n) is 11.1. The molecule has 0 spiro atoms. The maximum Gasteiger partial charge on any atom is 0.145 e. The molecule has 4 heteroatoms. The van der Waals surface area contributed by atoms with Gasteiger partial charge in [0.05, 0.1) is 0 Å². The molecule has 1 aliphatic carbocycles. The first-order valence-electron chi connectivity index (χ1n) is 6.57. The summed E-state index contributed by atoms with van der Waals surface area (Å²) in [6.45, 7) is 1.86. The van der Waals surface area contributed by atoms with Crippen molar-refractivity contribution in [3.8, 4) is 6.07 Å². The highest BCUT2D eigenvalue weighted by atomic mass is 19.1. The topological polar surface area (TPSA) is 48.7 Å². The lowest BCUT2D eigenvalue weighted by Crippen LogP contribution is -2.07. The van der Waals surface area contributed by atoms with Crippen LogP contribution in [0.2, 0.25) is 0 Å². The molecule has 2 atom stereocenters. The first kappa shape index (κ1) is 12.6. The van der Waals surface area contributed by atoms with Crippen LogP contribution >= 0.6 is 0 Å². The SMILES string of the molecule is Cc1ccc(N[C@@H]2C[C@H]2c2cccc(F)c2)nc1C#N. The fourth-order valence-corrected chi connectivity index (χ4v) is 2.37. The lowest BCUT2D eigenvalue weighted by molar-refractivity contribution is 0.625. The Balaban J connectivity index is 1.71. The largest absolute Gasteiger partial charge is 0.367 e. The van der Waals surface area contributed by atoms with Gasteiger partial charge in [0.1, 0.15) is 23.4 Å². The van der Waals surface area contributed by atoms with Crippen molar-refractivity contribution in [1.29, 1.82) is 5.26 Å². The number of aryl methyl sites for hydroxylation is 1. The molecule has 3 rings (SSSR count). The van der Waals surface area contributed by atoms with Gasteiger partial charge in [0.15, 0.2) is 0 Å².